The van der Waals surface area contributed by atoms with Crippen LogP contribution in [0, 0.1) is 33.5 Å². The number of Topliss-reactive ketones (excluding diaryl/α,β-unsaturated/α-hetero) is 1. The van der Waals surface area contributed by atoms with Gasteiger partial charge in [0.25, 0.3) is 0 Å². The number of hydrogen-bond donors (Lipinski definition) is 0. The van der Waals surface area contributed by atoms with Crippen LogP contribution in [0.5, 0.6) is 0 Å². The van der Waals surface area contributed by atoms with Gasteiger partial charge in [0.2, 0.25) is 0 Å². The van der Waals surface area contributed by atoms with Crippen molar-refractivity contribution in [2.24, 2.45) is 33.5 Å². The van der Waals surface area contributed by atoms with Crippen molar-refractivity contribution in [3.63, 3.8) is 0 Å². The molecule has 4 aliphatic rings. The number of fused-ring (bicyclic) bond motifs is 3. The summed E-state index contributed by atoms with van der Waals surface area (Å²) in [7, 11) is -1.76. The van der Waals surface area contributed by atoms with E-state index in [4.69, 9.17) is 4.74 Å². The number of carbonyl (C=O) groups is 2. The topological polar surface area (TPSA) is 43.4 Å². The molecule has 0 aliphatic heterocycles. The molecular formula is C46H60BrO3P. The smallest absolute Gasteiger partial charge is 0.312 e. The fourth-order valence-corrected chi connectivity index (χ4v) is 16.5. The van der Waals surface area contributed by atoms with Crippen molar-refractivity contribution in [2.45, 2.75) is 117 Å². The van der Waals surface area contributed by atoms with Crippen LogP contribution < -0.4 is 32.9 Å². The Morgan fingerprint density at radius 3 is 1.80 bits per heavy atom. The third kappa shape index (κ3) is 6.96. The Balaban J connectivity index is 0.00000448. The van der Waals surface area contributed by atoms with E-state index in [9.17, 15) is 9.59 Å². The van der Waals surface area contributed by atoms with E-state index in [-0.39, 0.29) is 39.2 Å². The van der Waals surface area contributed by atoms with Crippen molar-refractivity contribution < 1.29 is 31.3 Å². The summed E-state index contributed by atoms with van der Waals surface area (Å²) < 4.78 is 6.14. The number of hydrogen-bond acceptors (Lipinski definition) is 3. The van der Waals surface area contributed by atoms with E-state index in [0.717, 1.165) is 64.2 Å². The summed E-state index contributed by atoms with van der Waals surface area (Å²) in [6.07, 6.45) is 17.6. The molecule has 0 amide bonds. The van der Waals surface area contributed by atoms with Gasteiger partial charge >= 0.3 is 5.97 Å². The molecular weight excluding hydrogens is 711 g/mol. The summed E-state index contributed by atoms with van der Waals surface area (Å²) >= 11 is 0. The number of carbonyl (C=O) groups excluding carboxylic acids is 2. The standard InChI is InChI=1S/C46H60O3P.BrH/c1-43-30-26-40-44(2)28-19-29-45(3,39(44)27-31-46(40,35-43)34-41(43)47)42(48)49-32-17-6-4-5-7-18-33-50(36-20-11-8-12-21-36,37-22-13-9-14-23-37)38-24-15-10-16-25-38;/h8-16,20-25,39-40H,4-7,17-19,26-35H2,1-3H3;1H/q+1;/p-1/t39-,40-,43-,44+,45+,46-;/m0./s1. The lowest BCUT2D eigenvalue weighted by Gasteiger charge is -2.63. The fourth-order valence-electron chi connectivity index (χ4n) is 12.1. The molecule has 0 saturated heterocycles. The minimum absolute atomic E-state index is 0. The first kappa shape index (κ1) is 38.4. The van der Waals surface area contributed by atoms with Crippen molar-refractivity contribution >= 4 is 34.9 Å². The Labute approximate surface area is 319 Å². The van der Waals surface area contributed by atoms with Crippen molar-refractivity contribution in [3.8, 4) is 0 Å². The number of benzene rings is 3. The average Bonchev–Trinajstić information content (AvgIpc) is 3.32. The van der Waals surface area contributed by atoms with Crippen molar-refractivity contribution in [1.29, 1.82) is 0 Å². The lowest BCUT2D eigenvalue weighted by Crippen LogP contribution is -3.00. The van der Waals surface area contributed by atoms with Crippen LogP contribution in [0.1, 0.15) is 117 Å². The van der Waals surface area contributed by atoms with Gasteiger partial charge in [0.05, 0.1) is 18.2 Å². The minimum Gasteiger partial charge on any atom is -1.00 e. The van der Waals surface area contributed by atoms with E-state index in [1.54, 1.807) is 0 Å². The largest absolute Gasteiger partial charge is 1.00 e. The first-order valence-corrected chi connectivity index (χ1v) is 21.9. The Morgan fingerprint density at radius 1 is 0.686 bits per heavy atom. The normalized spacial score (nSPS) is 31.2. The van der Waals surface area contributed by atoms with E-state index in [1.807, 2.05) is 0 Å². The second kappa shape index (κ2) is 15.6. The molecule has 3 nitrogen and oxygen atoms in total. The summed E-state index contributed by atoms with van der Waals surface area (Å²) in [4.78, 5) is 27.0. The van der Waals surface area contributed by atoms with Gasteiger partial charge in [-0.05, 0) is 130 Å². The zero-order valence-corrected chi connectivity index (χ0v) is 33.9. The number of halogens is 1. The Bertz CT molecular complexity index is 1530. The summed E-state index contributed by atoms with van der Waals surface area (Å²) in [6, 6.07) is 33.6. The molecule has 4 fully saturated rings. The highest BCUT2D eigenvalue weighted by Crippen LogP contribution is 2.73. The van der Waals surface area contributed by atoms with Gasteiger partial charge in [-0.2, -0.15) is 0 Å². The first-order valence-electron chi connectivity index (χ1n) is 19.9. The molecule has 4 saturated carbocycles. The zero-order valence-electron chi connectivity index (χ0n) is 31.4. The fraction of sp³-hybridized carbons (Fsp3) is 0.565. The maximum Gasteiger partial charge on any atom is 0.312 e. The van der Waals surface area contributed by atoms with E-state index in [0.29, 0.717) is 24.2 Å². The molecule has 3 aromatic carbocycles. The highest BCUT2D eigenvalue weighted by atomic mass is 79.9. The molecule has 0 aromatic heterocycles. The number of rotatable bonds is 13. The van der Waals surface area contributed by atoms with E-state index < -0.39 is 12.7 Å². The van der Waals surface area contributed by atoms with Crippen LogP contribution in [0.25, 0.3) is 0 Å². The molecule has 1 spiro atoms. The maximum atomic E-state index is 13.9. The predicted molar refractivity (Wildman–Crippen MR) is 209 cm³/mol. The molecule has 51 heavy (non-hydrogen) atoms. The molecule has 4 aliphatic carbocycles. The second-order valence-corrected chi connectivity index (χ2v) is 21.1. The number of unbranched alkanes of at least 4 members (excludes halogenated alkanes) is 5. The van der Waals surface area contributed by atoms with Gasteiger partial charge in [-0.25, -0.2) is 0 Å². The van der Waals surface area contributed by atoms with Crippen molar-refractivity contribution in [3.05, 3.63) is 91.0 Å². The molecule has 0 radical (unpaired) electrons. The average molecular weight is 772 g/mol. The minimum atomic E-state index is -1.76. The van der Waals surface area contributed by atoms with Crippen LogP contribution in [-0.2, 0) is 14.3 Å². The van der Waals surface area contributed by atoms with Crippen LogP contribution in [0.4, 0.5) is 0 Å². The Hall–Kier alpha value is -2.29. The zero-order chi connectivity index (χ0) is 34.9. The molecule has 0 N–H and O–H groups in total. The van der Waals surface area contributed by atoms with Gasteiger partial charge in [-0.1, -0.05) is 94.1 Å². The number of esters is 1. The summed E-state index contributed by atoms with van der Waals surface area (Å²) in [5.41, 5.74) is -0.165. The predicted octanol–water partition coefficient (Wildman–Crippen LogP) is 7.24. The highest BCUT2D eigenvalue weighted by molar-refractivity contribution is 7.95. The summed E-state index contributed by atoms with van der Waals surface area (Å²) in [5.74, 6) is 1.50. The highest BCUT2D eigenvalue weighted by Gasteiger charge is 2.68. The molecule has 0 unspecified atom stereocenters. The van der Waals surface area contributed by atoms with Crippen molar-refractivity contribution in [2.75, 3.05) is 12.8 Å². The van der Waals surface area contributed by atoms with Crippen LogP contribution in [0.15, 0.2) is 91.0 Å². The van der Waals surface area contributed by atoms with Crippen molar-refractivity contribution in [1.82, 2.24) is 0 Å². The number of ether oxygens (including phenoxy) is 1. The van der Waals surface area contributed by atoms with Gasteiger partial charge in [-0.15, -0.1) is 0 Å². The van der Waals surface area contributed by atoms with Gasteiger partial charge in [-0.3, -0.25) is 9.59 Å². The maximum absolute atomic E-state index is 13.9. The molecule has 0 heterocycles. The van der Waals surface area contributed by atoms with E-state index in [1.165, 1.54) is 54.2 Å². The molecule has 2 bridgehead atoms. The van der Waals surface area contributed by atoms with Gasteiger partial charge in [0.15, 0.2) is 0 Å². The molecule has 7 rings (SSSR count). The molecule has 6 atom stereocenters. The monoisotopic (exact) mass is 770 g/mol. The van der Waals surface area contributed by atoms with Gasteiger partial charge < -0.3 is 21.7 Å². The molecule has 3 aromatic rings. The van der Waals surface area contributed by atoms with Crippen LogP contribution in [-0.4, -0.2) is 24.5 Å². The Morgan fingerprint density at radius 2 is 1.22 bits per heavy atom. The van der Waals surface area contributed by atoms with Crippen LogP contribution in [0.3, 0.4) is 0 Å². The SMILES string of the molecule is C[C@@]12CC[C@@H]3[C@@](CC[C@H]4[C@@]3(C)CCC[C@@]4(C)C(=O)OCCCCCCCC[P+](c3ccccc3)(c3ccccc3)c3ccccc3)(CC1=O)C2.[Br-]. The summed E-state index contributed by atoms with van der Waals surface area (Å²) in [6.45, 7) is 7.49. The van der Waals surface area contributed by atoms with Crippen LogP contribution in [0.2, 0.25) is 0 Å². The lowest BCUT2D eigenvalue weighted by atomic mass is 9.40. The van der Waals surface area contributed by atoms with E-state index >= 15 is 0 Å². The van der Waals surface area contributed by atoms with E-state index in [2.05, 4.69) is 112 Å². The van der Waals surface area contributed by atoms with Gasteiger partial charge in [0.1, 0.15) is 29.0 Å². The van der Waals surface area contributed by atoms with Crippen LogP contribution >= 0.6 is 7.26 Å². The third-order valence-corrected chi connectivity index (χ3v) is 19.1. The Kier molecular flexibility index (Phi) is 11.7. The first-order chi connectivity index (χ1) is 24.2. The molecule has 5 heteroatoms. The molecule has 274 valence electrons. The lowest BCUT2D eigenvalue weighted by molar-refractivity contribution is -0.188. The quantitative estimate of drug-likeness (QED) is 0.105. The van der Waals surface area contributed by atoms with Gasteiger partial charge in [0, 0.05) is 11.8 Å². The summed E-state index contributed by atoms with van der Waals surface area (Å²) in [5, 5.41) is 4.40. The third-order valence-electron chi connectivity index (χ3n) is 14.5. The second-order valence-electron chi connectivity index (χ2n) is 17.5. The number of ketones is 1.